The summed E-state index contributed by atoms with van der Waals surface area (Å²) in [5.41, 5.74) is 7.19. The van der Waals surface area contributed by atoms with Crippen LogP contribution in [0.25, 0.3) is 0 Å². The number of nitrogens with two attached hydrogens (primary N) is 1. The van der Waals surface area contributed by atoms with Gasteiger partial charge >= 0.3 is 0 Å². The summed E-state index contributed by atoms with van der Waals surface area (Å²) in [4.78, 5) is 8.23. The fourth-order valence-electron chi connectivity index (χ4n) is 1.54. The lowest BCUT2D eigenvalue weighted by molar-refractivity contribution is 0.671. The highest BCUT2D eigenvalue weighted by atomic mass is 32.2. The van der Waals surface area contributed by atoms with E-state index >= 15 is 0 Å². The molecule has 2 N–H and O–H groups in total. The molecule has 0 radical (unpaired) electrons. The first-order chi connectivity index (χ1) is 8.18. The van der Waals surface area contributed by atoms with Crippen molar-refractivity contribution in [3.05, 3.63) is 36.4 Å². The van der Waals surface area contributed by atoms with E-state index < -0.39 is 0 Å². The van der Waals surface area contributed by atoms with Crippen LogP contribution in [-0.4, -0.2) is 25.8 Å². The zero-order chi connectivity index (χ0) is 12.3. The molecule has 2 aromatic rings. The van der Waals surface area contributed by atoms with Crippen LogP contribution in [0.3, 0.4) is 0 Å². The minimum atomic E-state index is 0.0269. The van der Waals surface area contributed by atoms with Gasteiger partial charge in [0, 0.05) is 25.5 Å². The number of rotatable bonds is 4. The average molecular weight is 249 g/mol. The maximum absolute atomic E-state index is 6.04. The highest BCUT2D eigenvalue weighted by molar-refractivity contribution is 7.99. The molecule has 2 heterocycles. The van der Waals surface area contributed by atoms with Crippen LogP contribution in [-0.2, 0) is 7.05 Å². The number of nitrogens with zero attached hydrogens (tertiary/aromatic N) is 4. The van der Waals surface area contributed by atoms with Crippen molar-refractivity contribution in [3.8, 4) is 0 Å². The lowest BCUT2D eigenvalue weighted by atomic mass is 10.1. The number of thioether (sulfide) groups is 1. The Labute approximate surface area is 104 Å². The van der Waals surface area contributed by atoms with Crippen molar-refractivity contribution < 1.29 is 0 Å². The molecule has 0 amide bonds. The van der Waals surface area contributed by atoms with Crippen molar-refractivity contribution >= 4 is 11.8 Å². The standard InChI is InChI=1S/C11H15N5S/c1-8(12)10(9-3-5-13-6-4-9)17-11-14-7-15-16(11)2/h3-8,10H,12H2,1-2H3. The molecule has 0 aliphatic carbocycles. The summed E-state index contributed by atoms with van der Waals surface area (Å²) >= 11 is 1.62. The highest BCUT2D eigenvalue weighted by Crippen LogP contribution is 2.35. The van der Waals surface area contributed by atoms with Gasteiger partial charge in [-0.3, -0.25) is 4.98 Å². The topological polar surface area (TPSA) is 69.6 Å². The Balaban J connectivity index is 2.22. The summed E-state index contributed by atoms with van der Waals surface area (Å²) in [6.45, 7) is 1.99. The van der Waals surface area contributed by atoms with Gasteiger partial charge < -0.3 is 5.73 Å². The number of hydrogen-bond donors (Lipinski definition) is 1. The monoisotopic (exact) mass is 249 g/mol. The van der Waals surface area contributed by atoms with Gasteiger partial charge in [-0.25, -0.2) is 9.67 Å². The van der Waals surface area contributed by atoms with Gasteiger partial charge in [0.05, 0.1) is 5.25 Å². The molecule has 2 atom stereocenters. The average Bonchev–Trinajstić information content (AvgIpc) is 2.72. The molecule has 2 rings (SSSR count). The van der Waals surface area contributed by atoms with Gasteiger partial charge in [-0.15, -0.1) is 0 Å². The summed E-state index contributed by atoms with van der Waals surface area (Å²) in [5, 5.41) is 5.07. The third kappa shape index (κ3) is 2.83. The second kappa shape index (κ2) is 5.29. The van der Waals surface area contributed by atoms with E-state index in [1.165, 1.54) is 0 Å². The molecule has 0 aromatic carbocycles. The Morgan fingerprint density at radius 1 is 1.35 bits per heavy atom. The zero-order valence-corrected chi connectivity index (χ0v) is 10.6. The minimum absolute atomic E-state index is 0.0269. The molecule has 0 spiro atoms. The lowest BCUT2D eigenvalue weighted by Crippen LogP contribution is -2.23. The van der Waals surface area contributed by atoms with Crippen molar-refractivity contribution in [1.82, 2.24) is 19.7 Å². The minimum Gasteiger partial charge on any atom is -0.327 e. The molecule has 0 fully saturated rings. The first kappa shape index (κ1) is 12.1. The third-order valence-electron chi connectivity index (χ3n) is 2.41. The van der Waals surface area contributed by atoms with Gasteiger partial charge in [0.1, 0.15) is 6.33 Å². The van der Waals surface area contributed by atoms with Gasteiger partial charge in [0.25, 0.3) is 0 Å². The molecule has 0 bridgehead atoms. The smallest absolute Gasteiger partial charge is 0.186 e. The van der Waals surface area contributed by atoms with Gasteiger partial charge in [-0.05, 0) is 24.6 Å². The quantitative estimate of drug-likeness (QED) is 0.829. The van der Waals surface area contributed by atoms with Gasteiger partial charge in [0.2, 0.25) is 0 Å². The third-order valence-corrected chi connectivity index (χ3v) is 3.95. The predicted octanol–water partition coefficient (Wildman–Crippen LogP) is 1.39. The van der Waals surface area contributed by atoms with Gasteiger partial charge in [0.15, 0.2) is 5.16 Å². The van der Waals surface area contributed by atoms with Crippen LogP contribution in [0.5, 0.6) is 0 Å². The molecule has 2 unspecified atom stereocenters. The zero-order valence-electron chi connectivity index (χ0n) is 9.82. The van der Waals surface area contributed by atoms with Crippen LogP contribution in [0.1, 0.15) is 17.7 Å². The summed E-state index contributed by atoms with van der Waals surface area (Å²) in [5.74, 6) is 0. The van der Waals surface area contributed by atoms with Crippen LogP contribution in [0.15, 0.2) is 36.0 Å². The van der Waals surface area contributed by atoms with Crippen LogP contribution in [0, 0.1) is 0 Å². The van der Waals surface area contributed by atoms with Crippen molar-refractivity contribution in [2.75, 3.05) is 0 Å². The number of aryl methyl sites for hydroxylation is 1. The molecule has 0 aliphatic heterocycles. The second-order valence-electron chi connectivity index (χ2n) is 3.84. The second-order valence-corrected chi connectivity index (χ2v) is 4.95. The van der Waals surface area contributed by atoms with Crippen molar-refractivity contribution in [1.29, 1.82) is 0 Å². The van der Waals surface area contributed by atoms with Crippen LogP contribution < -0.4 is 5.73 Å². The van der Waals surface area contributed by atoms with Crippen molar-refractivity contribution in [2.45, 2.75) is 23.4 Å². The molecular formula is C11H15N5S. The normalized spacial score (nSPS) is 14.5. The molecule has 0 aliphatic rings. The fourth-order valence-corrected chi connectivity index (χ4v) is 2.58. The molecule has 5 nitrogen and oxygen atoms in total. The van der Waals surface area contributed by atoms with Crippen LogP contribution in [0.4, 0.5) is 0 Å². The summed E-state index contributed by atoms with van der Waals surface area (Å²) < 4.78 is 1.75. The summed E-state index contributed by atoms with van der Waals surface area (Å²) in [6, 6.07) is 3.99. The predicted molar refractivity (Wildman–Crippen MR) is 67.5 cm³/mol. The fraction of sp³-hybridized carbons (Fsp3) is 0.364. The van der Waals surface area contributed by atoms with Crippen molar-refractivity contribution in [3.63, 3.8) is 0 Å². The van der Waals surface area contributed by atoms with Crippen LogP contribution >= 0.6 is 11.8 Å². The SMILES string of the molecule is CC(N)C(Sc1ncnn1C)c1ccncc1. The van der Waals surface area contributed by atoms with E-state index in [1.54, 1.807) is 35.2 Å². The van der Waals surface area contributed by atoms with E-state index in [4.69, 9.17) is 5.73 Å². The maximum Gasteiger partial charge on any atom is 0.186 e. The first-order valence-electron chi connectivity index (χ1n) is 5.34. The van der Waals surface area contributed by atoms with Crippen molar-refractivity contribution in [2.24, 2.45) is 12.8 Å². The van der Waals surface area contributed by atoms with E-state index in [9.17, 15) is 0 Å². The Morgan fingerprint density at radius 2 is 2.06 bits per heavy atom. The number of hydrogen-bond acceptors (Lipinski definition) is 5. The van der Waals surface area contributed by atoms with E-state index in [-0.39, 0.29) is 11.3 Å². The van der Waals surface area contributed by atoms with Gasteiger partial charge in [-0.1, -0.05) is 11.8 Å². The Morgan fingerprint density at radius 3 is 2.59 bits per heavy atom. The largest absolute Gasteiger partial charge is 0.327 e. The first-order valence-corrected chi connectivity index (χ1v) is 6.22. The molecule has 17 heavy (non-hydrogen) atoms. The molecule has 90 valence electrons. The Kier molecular flexibility index (Phi) is 3.75. The lowest BCUT2D eigenvalue weighted by Gasteiger charge is -2.19. The van der Waals surface area contributed by atoms with Crippen LogP contribution in [0.2, 0.25) is 0 Å². The van der Waals surface area contributed by atoms with Gasteiger partial charge in [-0.2, -0.15) is 5.10 Å². The highest BCUT2D eigenvalue weighted by Gasteiger charge is 2.19. The number of pyridine rings is 1. The van der Waals surface area contributed by atoms with E-state index in [2.05, 4.69) is 15.1 Å². The molecule has 6 heteroatoms. The summed E-state index contributed by atoms with van der Waals surface area (Å²) in [6.07, 6.45) is 5.11. The molecule has 0 saturated heterocycles. The van der Waals surface area contributed by atoms with E-state index in [0.29, 0.717) is 0 Å². The van der Waals surface area contributed by atoms with E-state index in [0.717, 1.165) is 10.7 Å². The summed E-state index contributed by atoms with van der Waals surface area (Å²) in [7, 11) is 1.88. The Bertz CT molecular complexity index is 468. The number of aromatic nitrogens is 4. The van der Waals surface area contributed by atoms with E-state index in [1.807, 2.05) is 26.1 Å². The molecule has 0 saturated carbocycles. The Hall–Kier alpha value is -1.40. The maximum atomic E-state index is 6.04. The molecule has 2 aromatic heterocycles. The molecular weight excluding hydrogens is 234 g/mol.